The Kier molecular flexibility index (Phi) is 9.23. The average Bonchev–Trinajstić information content (AvgIpc) is 3.50. The SMILES string of the molecule is CCCc1ccc(OC(=O)C2C3C=CC(C3)C2C(=O)Oc2ccc(CCC)cc2CCC)c(CCC)c1. The lowest BCUT2D eigenvalue weighted by Gasteiger charge is -2.25. The molecule has 4 atom stereocenters. The number of hydrogen-bond donors (Lipinski definition) is 0. The van der Waals surface area contributed by atoms with E-state index >= 15 is 0 Å². The van der Waals surface area contributed by atoms with Gasteiger partial charge in [-0.2, -0.15) is 0 Å². The fraction of sp³-hybridized carbons (Fsp3) is 0.515. The number of aryl methyl sites for hydroxylation is 4. The highest BCUT2D eigenvalue weighted by Gasteiger charge is 2.53. The molecule has 0 aromatic heterocycles. The maximum atomic E-state index is 13.6. The topological polar surface area (TPSA) is 52.6 Å². The molecule has 2 aliphatic rings. The standard InChI is InChI=1S/C33H42O4/c1-5-9-22-13-17-28(24(19-22)11-7-3)36-32(34)30-26-15-16-27(21-26)31(30)33(35)37-29-18-14-23(10-6-2)20-25(29)12-8-4/h13-20,26-27,30-31H,5-12,21H2,1-4H3. The van der Waals surface area contributed by atoms with Gasteiger partial charge in [-0.15, -0.1) is 0 Å². The summed E-state index contributed by atoms with van der Waals surface area (Å²) in [7, 11) is 0. The highest BCUT2D eigenvalue weighted by atomic mass is 16.5. The third-order valence-electron chi connectivity index (χ3n) is 7.79. The van der Waals surface area contributed by atoms with Crippen LogP contribution in [0.1, 0.15) is 82.1 Å². The Morgan fingerprint density at radius 2 is 1.05 bits per heavy atom. The van der Waals surface area contributed by atoms with Gasteiger partial charge in [0.2, 0.25) is 0 Å². The third-order valence-corrected chi connectivity index (χ3v) is 7.79. The normalized spacial score (nSPS) is 21.8. The number of allylic oxidation sites excluding steroid dienone is 2. The van der Waals surface area contributed by atoms with E-state index in [2.05, 4.69) is 64.1 Å². The van der Waals surface area contributed by atoms with Gasteiger partial charge in [0.15, 0.2) is 0 Å². The average molecular weight is 503 g/mol. The summed E-state index contributed by atoms with van der Waals surface area (Å²) in [5.74, 6) is -0.359. The van der Waals surface area contributed by atoms with E-state index in [1.54, 1.807) is 0 Å². The fourth-order valence-electron chi connectivity index (χ4n) is 6.10. The van der Waals surface area contributed by atoms with Crippen molar-refractivity contribution in [2.24, 2.45) is 23.7 Å². The molecule has 4 rings (SSSR count). The Labute approximate surface area is 222 Å². The summed E-state index contributed by atoms with van der Waals surface area (Å²) in [6, 6.07) is 12.3. The van der Waals surface area contributed by atoms with Gasteiger partial charge in [0.1, 0.15) is 11.5 Å². The largest absolute Gasteiger partial charge is 0.426 e. The van der Waals surface area contributed by atoms with Gasteiger partial charge in [-0.25, -0.2) is 0 Å². The number of esters is 2. The van der Waals surface area contributed by atoms with Gasteiger partial charge in [0.25, 0.3) is 0 Å². The van der Waals surface area contributed by atoms with Crippen LogP contribution in [0.15, 0.2) is 48.6 Å². The molecule has 0 amide bonds. The van der Waals surface area contributed by atoms with E-state index in [0.29, 0.717) is 11.5 Å². The molecule has 1 saturated carbocycles. The molecule has 0 spiro atoms. The second-order valence-corrected chi connectivity index (χ2v) is 10.7. The van der Waals surface area contributed by atoms with Crippen molar-refractivity contribution < 1.29 is 19.1 Å². The Balaban J connectivity index is 1.54. The van der Waals surface area contributed by atoms with E-state index in [-0.39, 0.29) is 23.8 Å². The van der Waals surface area contributed by atoms with Crippen LogP contribution < -0.4 is 9.47 Å². The number of carbonyl (C=O) groups excluding carboxylic acids is 2. The molecule has 4 unspecified atom stereocenters. The van der Waals surface area contributed by atoms with Gasteiger partial charge in [0, 0.05) is 0 Å². The Morgan fingerprint density at radius 3 is 1.43 bits per heavy atom. The Hall–Kier alpha value is -2.88. The monoisotopic (exact) mass is 502 g/mol. The van der Waals surface area contributed by atoms with Crippen molar-refractivity contribution >= 4 is 11.9 Å². The molecule has 2 aromatic rings. The highest BCUT2D eigenvalue weighted by molar-refractivity contribution is 5.86. The minimum atomic E-state index is -0.513. The number of rotatable bonds is 12. The zero-order valence-corrected chi connectivity index (χ0v) is 22.9. The molecule has 0 N–H and O–H groups in total. The lowest BCUT2D eigenvalue weighted by Crippen LogP contribution is -2.37. The minimum absolute atomic E-state index is 0.0195. The first-order chi connectivity index (χ1) is 18.0. The predicted octanol–water partition coefficient (Wildman–Crippen LogP) is 7.45. The molecule has 0 aliphatic heterocycles. The van der Waals surface area contributed by atoms with Crippen molar-refractivity contribution in [1.29, 1.82) is 0 Å². The first-order valence-corrected chi connectivity index (χ1v) is 14.3. The van der Waals surface area contributed by atoms with E-state index in [4.69, 9.17) is 9.47 Å². The molecular weight excluding hydrogens is 460 g/mol. The summed E-state index contributed by atoms with van der Waals surface area (Å²) in [4.78, 5) is 27.1. The number of benzene rings is 2. The fourth-order valence-corrected chi connectivity index (χ4v) is 6.10. The van der Waals surface area contributed by atoms with E-state index < -0.39 is 11.8 Å². The van der Waals surface area contributed by atoms with E-state index in [1.165, 1.54) is 11.1 Å². The molecule has 198 valence electrons. The van der Waals surface area contributed by atoms with E-state index in [0.717, 1.165) is 68.9 Å². The van der Waals surface area contributed by atoms with Gasteiger partial charge in [-0.1, -0.05) is 89.8 Å². The van der Waals surface area contributed by atoms with Crippen LogP contribution in [0.2, 0.25) is 0 Å². The maximum Gasteiger partial charge on any atom is 0.315 e. The van der Waals surface area contributed by atoms with Gasteiger partial charge < -0.3 is 9.47 Å². The number of carbonyl (C=O) groups is 2. The molecule has 2 aliphatic carbocycles. The number of fused-ring (bicyclic) bond motifs is 2. The molecule has 4 nitrogen and oxygen atoms in total. The summed E-state index contributed by atoms with van der Waals surface area (Å²) in [6.07, 6.45) is 12.8. The summed E-state index contributed by atoms with van der Waals surface area (Å²) in [5.41, 5.74) is 4.66. The van der Waals surface area contributed by atoms with Crippen LogP contribution in [-0.4, -0.2) is 11.9 Å². The predicted molar refractivity (Wildman–Crippen MR) is 148 cm³/mol. The van der Waals surface area contributed by atoms with Crippen molar-refractivity contribution in [3.8, 4) is 11.5 Å². The zero-order chi connectivity index (χ0) is 26.4. The summed E-state index contributed by atoms with van der Waals surface area (Å²) in [5, 5.41) is 0. The van der Waals surface area contributed by atoms with Crippen molar-refractivity contribution in [3.63, 3.8) is 0 Å². The maximum absolute atomic E-state index is 13.6. The molecule has 4 heteroatoms. The van der Waals surface area contributed by atoms with Crippen molar-refractivity contribution in [2.45, 2.75) is 85.5 Å². The van der Waals surface area contributed by atoms with E-state index in [1.807, 2.05) is 12.1 Å². The zero-order valence-electron chi connectivity index (χ0n) is 22.9. The van der Waals surface area contributed by atoms with Crippen LogP contribution in [0.25, 0.3) is 0 Å². The second kappa shape index (κ2) is 12.6. The molecule has 0 heterocycles. The van der Waals surface area contributed by atoms with Gasteiger partial charge in [-0.3, -0.25) is 9.59 Å². The summed E-state index contributed by atoms with van der Waals surface area (Å²) < 4.78 is 12.0. The Bertz CT molecular complexity index is 1040. The lowest BCUT2D eigenvalue weighted by molar-refractivity contribution is -0.151. The second-order valence-electron chi connectivity index (χ2n) is 10.7. The van der Waals surface area contributed by atoms with Crippen LogP contribution in [0, 0.1) is 23.7 Å². The van der Waals surface area contributed by atoms with Gasteiger partial charge in [-0.05, 0) is 78.3 Å². The lowest BCUT2D eigenvalue weighted by atomic mass is 9.83. The molecular formula is C33H42O4. The number of ether oxygens (including phenoxy) is 2. The van der Waals surface area contributed by atoms with Crippen LogP contribution >= 0.6 is 0 Å². The van der Waals surface area contributed by atoms with Gasteiger partial charge >= 0.3 is 11.9 Å². The Morgan fingerprint density at radius 1 is 0.649 bits per heavy atom. The van der Waals surface area contributed by atoms with Crippen molar-refractivity contribution in [1.82, 2.24) is 0 Å². The summed E-state index contributed by atoms with van der Waals surface area (Å²) in [6.45, 7) is 8.60. The molecule has 37 heavy (non-hydrogen) atoms. The smallest absolute Gasteiger partial charge is 0.315 e. The van der Waals surface area contributed by atoms with Crippen LogP contribution in [-0.2, 0) is 35.3 Å². The highest BCUT2D eigenvalue weighted by Crippen LogP contribution is 2.49. The quantitative estimate of drug-likeness (QED) is 0.172. The van der Waals surface area contributed by atoms with Crippen LogP contribution in [0.3, 0.4) is 0 Å². The molecule has 1 fully saturated rings. The number of hydrogen-bond acceptors (Lipinski definition) is 4. The molecule has 2 aromatic carbocycles. The summed E-state index contributed by atoms with van der Waals surface area (Å²) >= 11 is 0. The van der Waals surface area contributed by atoms with E-state index in [9.17, 15) is 9.59 Å². The first kappa shape index (κ1) is 27.2. The van der Waals surface area contributed by atoms with Crippen LogP contribution in [0.4, 0.5) is 0 Å². The first-order valence-electron chi connectivity index (χ1n) is 14.3. The molecule has 2 bridgehead atoms. The minimum Gasteiger partial charge on any atom is -0.426 e. The third kappa shape index (κ3) is 6.17. The van der Waals surface area contributed by atoms with Crippen LogP contribution in [0.5, 0.6) is 11.5 Å². The molecule has 0 radical (unpaired) electrons. The van der Waals surface area contributed by atoms with Crippen molar-refractivity contribution in [3.05, 3.63) is 70.8 Å². The molecule has 0 saturated heterocycles. The van der Waals surface area contributed by atoms with Gasteiger partial charge in [0.05, 0.1) is 11.8 Å². The van der Waals surface area contributed by atoms with Crippen molar-refractivity contribution in [2.75, 3.05) is 0 Å².